The van der Waals surface area contributed by atoms with Crippen molar-refractivity contribution in [1.82, 2.24) is 4.57 Å². The molecule has 0 saturated heterocycles. The van der Waals surface area contributed by atoms with Crippen LogP contribution in [0.1, 0.15) is 31.0 Å². The van der Waals surface area contributed by atoms with E-state index in [-0.39, 0.29) is 22.5 Å². The molecule has 0 fully saturated rings. The van der Waals surface area contributed by atoms with Crippen LogP contribution in [-0.2, 0) is 9.53 Å². The fourth-order valence-corrected chi connectivity index (χ4v) is 5.28. The zero-order chi connectivity index (χ0) is 25.1. The summed E-state index contributed by atoms with van der Waals surface area (Å²) in [6, 6.07) is 13.1. The van der Waals surface area contributed by atoms with Crippen molar-refractivity contribution in [2.24, 2.45) is 4.99 Å². The van der Waals surface area contributed by atoms with E-state index in [0.29, 0.717) is 16.1 Å². The average Bonchev–Trinajstić information content (AvgIpc) is 3.13. The van der Waals surface area contributed by atoms with Crippen LogP contribution in [0.3, 0.4) is 0 Å². The van der Waals surface area contributed by atoms with Crippen molar-refractivity contribution < 1.29 is 23.0 Å². The van der Waals surface area contributed by atoms with Crippen LogP contribution >= 0.6 is 23.1 Å². The number of para-hydroxylation sites is 1. The molecule has 1 atom stereocenters. The van der Waals surface area contributed by atoms with Crippen LogP contribution in [0.25, 0.3) is 6.08 Å². The molecule has 0 bridgehead atoms. The number of halogens is 2. The number of carbonyl (C=O) groups is 1. The lowest BCUT2D eigenvalue weighted by Gasteiger charge is -2.24. The summed E-state index contributed by atoms with van der Waals surface area (Å²) in [5.41, 5.74) is 1.41. The van der Waals surface area contributed by atoms with Gasteiger partial charge in [-0.15, -0.1) is 11.8 Å². The Morgan fingerprint density at radius 2 is 1.94 bits per heavy atom. The van der Waals surface area contributed by atoms with Gasteiger partial charge in [0, 0.05) is 10.5 Å². The van der Waals surface area contributed by atoms with E-state index < -0.39 is 24.2 Å². The van der Waals surface area contributed by atoms with E-state index >= 15 is 0 Å². The molecule has 1 aliphatic rings. The van der Waals surface area contributed by atoms with Gasteiger partial charge < -0.3 is 9.47 Å². The first kappa shape index (κ1) is 24.9. The number of benzene rings is 2. The van der Waals surface area contributed by atoms with Crippen LogP contribution in [0.2, 0.25) is 0 Å². The standard InChI is InChI=1S/C25H22F2N2O4S2/c1-4-32-23(31)20-14(2)28-25-29(21(20)15-9-11-17(34-3)12-10-15)22(30)19(35-25)13-16-7-5-6-8-18(16)33-24(26)27/h5-13,21,24H,4H2,1-3H3/b19-13+. The number of carbonyl (C=O) groups excluding carboxylic acids is 1. The molecular weight excluding hydrogens is 494 g/mol. The highest BCUT2D eigenvalue weighted by Gasteiger charge is 2.33. The van der Waals surface area contributed by atoms with Crippen molar-refractivity contribution in [3.05, 3.63) is 90.6 Å². The highest BCUT2D eigenvalue weighted by atomic mass is 32.2. The molecule has 2 heterocycles. The largest absolute Gasteiger partial charge is 0.463 e. The second kappa shape index (κ2) is 10.6. The summed E-state index contributed by atoms with van der Waals surface area (Å²) < 4.78 is 37.3. The maximum atomic E-state index is 13.6. The summed E-state index contributed by atoms with van der Waals surface area (Å²) in [4.78, 5) is 32.5. The number of ether oxygens (including phenoxy) is 2. The summed E-state index contributed by atoms with van der Waals surface area (Å²) in [5, 5.41) is 0. The van der Waals surface area contributed by atoms with Gasteiger partial charge in [0.25, 0.3) is 5.56 Å². The Bertz CT molecular complexity index is 1460. The summed E-state index contributed by atoms with van der Waals surface area (Å²) in [6.07, 6.45) is 3.46. The highest BCUT2D eigenvalue weighted by Crippen LogP contribution is 2.31. The maximum Gasteiger partial charge on any atom is 0.387 e. The normalized spacial score (nSPS) is 15.7. The number of thiazole rings is 1. The maximum absolute atomic E-state index is 13.6. The molecule has 0 amide bonds. The monoisotopic (exact) mass is 516 g/mol. The number of hydrogen-bond donors (Lipinski definition) is 0. The van der Waals surface area contributed by atoms with Gasteiger partial charge in [-0.05, 0) is 49.9 Å². The van der Waals surface area contributed by atoms with Gasteiger partial charge >= 0.3 is 12.6 Å². The van der Waals surface area contributed by atoms with Gasteiger partial charge in [0.2, 0.25) is 0 Å². The van der Waals surface area contributed by atoms with Crippen LogP contribution in [0, 0.1) is 0 Å². The molecule has 4 rings (SSSR count). The lowest BCUT2D eigenvalue weighted by Crippen LogP contribution is -2.39. The Balaban J connectivity index is 1.92. The molecule has 2 aromatic carbocycles. The summed E-state index contributed by atoms with van der Waals surface area (Å²) in [6.45, 7) is 0.603. The minimum absolute atomic E-state index is 0.0408. The fourth-order valence-electron chi connectivity index (χ4n) is 3.84. The molecule has 35 heavy (non-hydrogen) atoms. The first-order valence-corrected chi connectivity index (χ1v) is 12.8. The Kier molecular flexibility index (Phi) is 7.51. The second-order valence-corrected chi connectivity index (χ2v) is 9.38. The molecular formula is C25H22F2N2O4S2. The second-order valence-electron chi connectivity index (χ2n) is 7.49. The quantitative estimate of drug-likeness (QED) is 0.349. The van der Waals surface area contributed by atoms with Gasteiger partial charge in [-0.1, -0.05) is 41.7 Å². The smallest absolute Gasteiger partial charge is 0.387 e. The van der Waals surface area contributed by atoms with Crippen molar-refractivity contribution in [3.8, 4) is 5.75 Å². The minimum Gasteiger partial charge on any atom is -0.463 e. The van der Waals surface area contributed by atoms with E-state index in [4.69, 9.17) is 4.74 Å². The Morgan fingerprint density at radius 3 is 2.60 bits per heavy atom. The number of thioether (sulfide) groups is 1. The zero-order valence-electron chi connectivity index (χ0n) is 19.2. The molecule has 1 aromatic heterocycles. The Morgan fingerprint density at radius 1 is 1.23 bits per heavy atom. The zero-order valence-corrected chi connectivity index (χ0v) is 20.8. The molecule has 0 saturated carbocycles. The third-order valence-electron chi connectivity index (χ3n) is 5.37. The van der Waals surface area contributed by atoms with Crippen molar-refractivity contribution in [2.75, 3.05) is 12.9 Å². The molecule has 1 unspecified atom stereocenters. The van der Waals surface area contributed by atoms with Gasteiger partial charge in [0.05, 0.1) is 28.5 Å². The molecule has 0 radical (unpaired) electrons. The number of nitrogens with zero attached hydrogens (tertiary/aromatic N) is 2. The molecule has 3 aromatic rings. The number of alkyl halides is 2. The van der Waals surface area contributed by atoms with Crippen LogP contribution in [0.5, 0.6) is 5.75 Å². The van der Waals surface area contributed by atoms with E-state index in [1.807, 2.05) is 30.5 Å². The molecule has 6 nitrogen and oxygen atoms in total. The van der Waals surface area contributed by atoms with Crippen molar-refractivity contribution in [2.45, 2.75) is 31.4 Å². The van der Waals surface area contributed by atoms with E-state index in [0.717, 1.165) is 21.8 Å². The highest BCUT2D eigenvalue weighted by molar-refractivity contribution is 7.98. The Labute approximate surface area is 208 Å². The first-order valence-electron chi connectivity index (χ1n) is 10.7. The van der Waals surface area contributed by atoms with Crippen molar-refractivity contribution in [1.29, 1.82) is 0 Å². The summed E-state index contributed by atoms with van der Waals surface area (Å²) in [5.74, 6) is -0.585. The van der Waals surface area contributed by atoms with E-state index in [2.05, 4.69) is 9.73 Å². The molecule has 0 N–H and O–H groups in total. The fraction of sp³-hybridized carbons (Fsp3) is 0.240. The van der Waals surface area contributed by atoms with Gasteiger partial charge in [0.15, 0.2) is 4.80 Å². The lowest BCUT2D eigenvalue weighted by molar-refractivity contribution is -0.139. The topological polar surface area (TPSA) is 69.9 Å². The number of esters is 1. The number of hydrogen-bond acceptors (Lipinski definition) is 7. The molecule has 0 aliphatic carbocycles. The summed E-state index contributed by atoms with van der Waals surface area (Å²) in [7, 11) is 0. The van der Waals surface area contributed by atoms with Gasteiger partial charge in [-0.25, -0.2) is 9.79 Å². The van der Waals surface area contributed by atoms with Crippen LogP contribution < -0.4 is 19.6 Å². The van der Waals surface area contributed by atoms with Crippen molar-refractivity contribution >= 4 is 35.1 Å². The predicted molar refractivity (Wildman–Crippen MR) is 132 cm³/mol. The number of allylic oxidation sites excluding steroid dienone is 1. The van der Waals surface area contributed by atoms with Crippen LogP contribution in [0.15, 0.2) is 74.5 Å². The van der Waals surface area contributed by atoms with Gasteiger partial charge in [0.1, 0.15) is 5.75 Å². The number of aromatic nitrogens is 1. The molecule has 10 heteroatoms. The minimum atomic E-state index is -3.00. The number of fused-ring (bicyclic) bond motifs is 1. The first-order chi connectivity index (χ1) is 16.8. The SMILES string of the molecule is CCOC(=O)C1=C(C)N=c2s/c(=C/c3ccccc3OC(F)F)c(=O)n2C1c1ccc(SC)cc1. The average molecular weight is 517 g/mol. The predicted octanol–water partition coefficient (Wildman–Crippen LogP) is 4.12. The third-order valence-corrected chi connectivity index (χ3v) is 7.10. The van der Waals surface area contributed by atoms with Crippen LogP contribution in [0.4, 0.5) is 8.78 Å². The lowest BCUT2D eigenvalue weighted by atomic mass is 9.96. The molecule has 0 spiro atoms. The molecule has 182 valence electrons. The molecule has 1 aliphatic heterocycles. The van der Waals surface area contributed by atoms with E-state index in [1.165, 1.54) is 16.7 Å². The van der Waals surface area contributed by atoms with Crippen LogP contribution in [-0.4, -0.2) is 30.0 Å². The third kappa shape index (κ3) is 5.08. The number of rotatable bonds is 7. The van der Waals surface area contributed by atoms with Gasteiger partial charge in [-0.2, -0.15) is 8.78 Å². The Hall–Kier alpha value is -3.24. The van der Waals surface area contributed by atoms with Crippen molar-refractivity contribution in [3.63, 3.8) is 0 Å². The summed E-state index contributed by atoms with van der Waals surface area (Å²) >= 11 is 2.70. The van der Waals surface area contributed by atoms with E-state index in [9.17, 15) is 18.4 Å². The van der Waals surface area contributed by atoms with E-state index in [1.54, 1.807) is 43.8 Å². The van der Waals surface area contributed by atoms with Gasteiger partial charge in [-0.3, -0.25) is 9.36 Å².